The van der Waals surface area contributed by atoms with Crippen molar-refractivity contribution in [2.45, 2.75) is 12.6 Å². The Morgan fingerprint density at radius 2 is 2.05 bits per heavy atom. The number of hydrogen-bond acceptors (Lipinski definition) is 3. The van der Waals surface area contributed by atoms with Crippen molar-refractivity contribution < 1.29 is 9.18 Å². The van der Waals surface area contributed by atoms with E-state index in [4.69, 9.17) is 11.0 Å². The van der Waals surface area contributed by atoms with Gasteiger partial charge in [-0.15, -0.1) is 0 Å². The van der Waals surface area contributed by atoms with Gasteiger partial charge in [0.15, 0.2) is 0 Å². The fourth-order valence-electron chi connectivity index (χ4n) is 2.53. The van der Waals surface area contributed by atoms with Gasteiger partial charge in [-0.05, 0) is 23.8 Å². The van der Waals surface area contributed by atoms with Crippen LogP contribution in [-0.2, 0) is 11.3 Å². The second-order valence-corrected chi connectivity index (χ2v) is 4.87. The molecule has 2 aromatic carbocycles. The highest BCUT2D eigenvalue weighted by molar-refractivity contribution is 6.04. The Morgan fingerprint density at radius 3 is 2.81 bits per heavy atom. The Balaban J connectivity index is 2.02. The molecule has 104 valence electrons. The largest absolute Gasteiger partial charge is 0.316 e. The molecule has 0 bridgehead atoms. The lowest BCUT2D eigenvalue weighted by molar-refractivity contribution is -0.119. The number of hydrogen-bond donors (Lipinski definition) is 1. The summed E-state index contributed by atoms with van der Waals surface area (Å²) >= 11 is 0. The Morgan fingerprint density at radius 1 is 1.29 bits per heavy atom. The Hall–Kier alpha value is -2.71. The van der Waals surface area contributed by atoms with Crippen molar-refractivity contribution in [3.63, 3.8) is 0 Å². The van der Waals surface area contributed by atoms with Crippen LogP contribution < -0.4 is 10.6 Å². The van der Waals surface area contributed by atoms with Crippen LogP contribution in [0, 0.1) is 17.1 Å². The molecule has 2 N–H and O–H groups in total. The summed E-state index contributed by atoms with van der Waals surface area (Å²) in [6, 6.07) is 12.4. The average Bonchev–Trinajstić information content (AvgIpc) is 2.72. The van der Waals surface area contributed by atoms with Gasteiger partial charge in [-0.25, -0.2) is 4.39 Å². The van der Waals surface area contributed by atoms with E-state index in [1.165, 1.54) is 23.1 Å². The van der Waals surface area contributed by atoms with E-state index < -0.39 is 11.9 Å². The van der Waals surface area contributed by atoms with Crippen molar-refractivity contribution >= 4 is 11.6 Å². The molecule has 4 nitrogen and oxygen atoms in total. The molecule has 1 atom stereocenters. The summed E-state index contributed by atoms with van der Waals surface area (Å²) in [7, 11) is 0. The van der Waals surface area contributed by atoms with Gasteiger partial charge in [0, 0.05) is 5.56 Å². The molecule has 1 aliphatic heterocycles. The maximum atomic E-state index is 13.4. The van der Waals surface area contributed by atoms with E-state index in [-0.39, 0.29) is 12.5 Å². The van der Waals surface area contributed by atoms with E-state index in [9.17, 15) is 9.18 Å². The first kappa shape index (κ1) is 13.3. The van der Waals surface area contributed by atoms with Gasteiger partial charge in [0.1, 0.15) is 11.9 Å². The molecule has 0 spiro atoms. The minimum Gasteiger partial charge on any atom is -0.316 e. The molecule has 1 unspecified atom stereocenters. The molecule has 1 aliphatic rings. The molecule has 0 fully saturated rings. The molecule has 0 aliphatic carbocycles. The second-order valence-electron chi connectivity index (χ2n) is 4.87. The van der Waals surface area contributed by atoms with Crippen molar-refractivity contribution in [1.29, 1.82) is 5.26 Å². The minimum atomic E-state index is -0.783. The molecule has 0 saturated heterocycles. The molecular weight excluding hydrogens is 269 g/mol. The Bertz CT molecular complexity index is 766. The smallest absolute Gasteiger partial charge is 0.248 e. The van der Waals surface area contributed by atoms with Gasteiger partial charge in [0.25, 0.3) is 0 Å². The van der Waals surface area contributed by atoms with E-state index >= 15 is 0 Å². The van der Waals surface area contributed by atoms with Gasteiger partial charge in [-0.1, -0.05) is 24.3 Å². The molecule has 3 rings (SSSR count). The summed E-state index contributed by atoms with van der Waals surface area (Å²) in [5.41, 5.74) is 8.15. The van der Waals surface area contributed by atoms with Crippen LogP contribution in [0.4, 0.5) is 10.1 Å². The summed E-state index contributed by atoms with van der Waals surface area (Å²) in [4.78, 5) is 13.7. The number of benzene rings is 2. The monoisotopic (exact) mass is 281 g/mol. The van der Waals surface area contributed by atoms with Crippen LogP contribution in [0.3, 0.4) is 0 Å². The van der Waals surface area contributed by atoms with E-state index in [0.29, 0.717) is 22.4 Å². The number of carbonyl (C=O) groups is 1. The quantitative estimate of drug-likeness (QED) is 0.917. The SMILES string of the molecule is N#Cc1ccccc1CN1C(=O)C(N)c2ccc(F)cc21. The van der Waals surface area contributed by atoms with Gasteiger partial charge >= 0.3 is 0 Å². The van der Waals surface area contributed by atoms with Crippen LogP contribution in [-0.4, -0.2) is 5.91 Å². The lowest BCUT2D eigenvalue weighted by Crippen LogP contribution is -2.31. The number of amides is 1. The minimum absolute atomic E-state index is 0.201. The fraction of sp³-hybridized carbons (Fsp3) is 0.125. The van der Waals surface area contributed by atoms with E-state index in [1.807, 2.05) is 0 Å². The van der Waals surface area contributed by atoms with Gasteiger partial charge in [0.05, 0.1) is 23.9 Å². The van der Waals surface area contributed by atoms with Gasteiger partial charge in [0.2, 0.25) is 5.91 Å². The number of nitriles is 1. The van der Waals surface area contributed by atoms with E-state index in [0.717, 1.165) is 0 Å². The van der Waals surface area contributed by atoms with Crippen molar-refractivity contribution in [1.82, 2.24) is 0 Å². The third kappa shape index (κ3) is 2.16. The van der Waals surface area contributed by atoms with Crippen LogP contribution in [0.5, 0.6) is 0 Å². The van der Waals surface area contributed by atoms with Crippen LogP contribution in [0.15, 0.2) is 42.5 Å². The first-order valence-corrected chi connectivity index (χ1v) is 6.46. The summed E-state index contributed by atoms with van der Waals surface area (Å²) < 4.78 is 13.4. The normalized spacial score (nSPS) is 16.7. The molecule has 21 heavy (non-hydrogen) atoms. The molecule has 0 aromatic heterocycles. The zero-order chi connectivity index (χ0) is 15.0. The fourth-order valence-corrected chi connectivity index (χ4v) is 2.53. The van der Waals surface area contributed by atoms with Crippen molar-refractivity contribution in [2.24, 2.45) is 5.73 Å². The number of halogens is 1. The molecule has 1 amide bonds. The lowest BCUT2D eigenvalue weighted by Gasteiger charge is -2.18. The van der Waals surface area contributed by atoms with Gasteiger partial charge < -0.3 is 10.6 Å². The highest BCUT2D eigenvalue weighted by atomic mass is 19.1. The Kier molecular flexibility index (Phi) is 3.16. The molecule has 5 heteroatoms. The molecular formula is C16H12FN3O. The molecule has 1 heterocycles. The van der Waals surface area contributed by atoms with Crippen LogP contribution in [0.25, 0.3) is 0 Å². The topological polar surface area (TPSA) is 70.1 Å². The maximum Gasteiger partial charge on any atom is 0.248 e. The summed E-state index contributed by atoms with van der Waals surface area (Å²) in [5, 5.41) is 9.11. The van der Waals surface area contributed by atoms with Crippen molar-refractivity contribution in [2.75, 3.05) is 4.90 Å². The average molecular weight is 281 g/mol. The van der Waals surface area contributed by atoms with Crippen LogP contribution in [0.2, 0.25) is 0 Å². The maximum absolute atomic E-state index is 13.4. The van der Waals surface area contributed by atoms with Crippen LogP contribution >= 0.6 is 0 Å². The predicted octanol–water partition coefficient (Wildman–Crippen LogP) is 2.24. The standard InChI is InChI=1S/C16H12FN3O/c17-12-5-6-13-14(7-12)20(16(21)15(13)19)9-11-4-2-1-3-10(11)8-18/h1-7,15H,9,19H2. The summed E-state index contributed by atoms with van der Waals surface area (Å²) in [6.45, 7) is 0.201. The second kappa shape index (κ2) is 5.00. The predicted molar refractivity (Wildman–Crippen MR) is 75.7 cm³/mol. The molecule has 0 saturated carbocycles. The lowest BCUT2D eigenvalue weighted by atomic mass is 10.1. The zero-order valence-corrected chi connectivity index (χ0v) is 11.1. The number of carbonyl (C=O) groups excluding carboxylic acids is 1. The highest BCUT2D eigenvalue weighted by Crippen LogP contribution is 2.36. The van der Waals surface area contributed by atoms with E-state index in [1.54, 1.807) is 24.3 Å². The van der Waals surface area contributed by atoms with Gasteiger partial charge in [-0.2, -0.15) is 5.26 Å². The first-order valence-electron chi connectivity index (χ1n) is 6.46. The number of rotatable bonds is 2. The van der Waals surface area contributed by atoms with Crippen LogP contribution in [0.1, 0.15) is 22.7 Å². The van der Waals surface area contributed by atoms with Crippen molar-refractivity contribution in [3.05, 3.63) is 65.0 Å². The molecule has 0 radical (unpaired) electrons. The van der Waals surface area contributed by atoms with Gasteiger partial charge in [-0.3, -0.25) is 4.79 Å². The third-order valence-corrected chi connectivity index (χ3v) is 3.62. The third-order valence-electron chi connectivity index (χ3n) is 3.62. The van der Waals surface area contributed by atoms with Crippen molar-refractivity contribution in [3.8, 4) is 6.07 Å². The zero-order valence-electron chi connectivity index (χ0n) is 11.1. The Labute approximate surface area is 121 Å². The highest BCUT2D eigenvalue weighted by Gasteiger charge is 2.35. The summed E-state index contributed by atoms with van der Waals surface area (Å²) in [6.07, 6.45) is 0. The number of anilines is 1. The number of nitrogens with two attached hydrogens (primary N) is 1. The van der Waals surface area contributed by atoms with E-state index in [2.05, 4.69) is 6.07 Å². The number of fused-ring (bicyclic) bond motifs is 1. The number of nitrogens with zero attached hydrogens (tertiary/aromatic N) is 2. The molecule has 2 aromatic rings. The first-order chi connectivity index (χ1) is 10.1. The summed E-state index contributed by atoms with van der Waals surface area (Å²) in [5.74, 6) is -0.711.